The molecule has 0 unspecified atom stereocenters. The summed E-state index contributed by atoms with van der Waals surface area (Å²) in [4.78, 5) is 0. The van der Waals surface area contributed by atoms with E-state index in [-0.39, 0.29) is 7.43 Å². The number of rotatable bonds is 3. The standard InChI is InChI=1S/C7H18N.CH3/c1-5-6-7-8(2,3)4;/h5-7H2,1-4H3;1H3/q+1;-1. The monoisotopic (exact) mass is 131 g/mol. The summed E-state index contributed by atoms with van der Waals surface area (Å²) in [5, 5.41) is 0. The minimum absolute atomic E-state index is 0. The van der Waals surface area contributed by atoms with Crippen LogP contribution in [-0.2, 0) is 0 Å². The van der Waals surface area contributed by atoms with Crippen molar-refractivity contribution in [1.29, 1.82) is 0 Å². The fraction of sp³-hybridized carbons (Fsp3) is 0.875. The lowest BCUT2D eigenvalue weighted by molar-refractivity contribution is -0.870. The molecule has 0 atom stereocenters. The molecule has 1 heteroatoms. The highest BCUT2D eigenvalue weighted by atomic mass is 15.3. The third-order valence-corrected chi connectivity index (χ3v) is 1.18. The maximum absolute atomic E-state index is 2.23. The van der Waals surface area contributed by atoms with Crippen molar-refractivity contribution in [3.63, 3.8) is 0 Å². The molecule has 0 aliphatic carbocycles. The van der Waals surface area contributed by atoms with Crippen LogP contribution in [0.4, 0.5) is 0 Å². The smallest absolute Gasteiger partial charge is 0.0780 e. The number of quaternary nitrogens is 1. The Labute approximate surface area is 60.3 Å². The summed E-state index contributed by atoms with van der Waals surface area (Å²) < 4.78 is 1.10. The number of nitrogens with zero attached hydrogens (tertiary/aromatic N) is 1. The van der Waals surface area contributed by atoms with Crippen LogP contribution in [0.2, 0.25) is 0 Å². The average molecular weight is 131 g/mol. The van der Waals surface area contributed by atoms with E-state index in [2.05, 4.69) is 28.1 Å². The van der Waals surface area contributed by atoms with Crippen LogP contribution in [0, 0.1) is 7.43 Å². The van der Waals surface area contributed by atoms with Gasteiger partial charge in [-0.15, -0.1) is 0 Å². The Kier molecular flexibility index (Phi) is 6.25. The molecule has 0 aromatic carbocycles. The summed E-state index contributed by atoms with van der Waals surface area (Å²) in [5.41, 5.74) is 0. The molecule has 0 fully saturated rings. The first-order valence-electron chi connectivity index (χ1n) is 3.36. The van der Waals surface area contributed by atoms with Crippen LogP contribution in [0.1, 0.15) is 19.8 Å². The molecule has 0 rings (SSSR count). The highest BCUT2D eigenvalue weighted by Crippen LogP contribution is 1.94. The van der Waals surface area contributed by atoms with E-state index >= 15 is 0 Å². The molecule has 0 aromatic heterocycles. The van der Waals surface area contributed by atoms with E-state index in [9.17, 15) is 0 Å². The van der Waals surface area contributed by atoms with Crippen LogP contribution in [0.15, 0.2) is 0 Å². The van der Waals surface area contributed by atoms with Crippen molar-refractivity contribution >= 4 is 0 Å². The summed E-state index contributed by atoms with van der Waals surface area (Å²) in [7, 11) is 6.70. The second-order valence-corrected chi connectivity index (χ2v) is 3.37. The molecule has 0 saturated heterocycles. The zero-order valence-corrected chi connectivity index (χ0v) is 7.57. The zero-order valence-electron chi connectivity index (χ0n) is 7.57. The topological polar surface area (TPSA) is 0 Å². The third kappa shape index (κ3) is 11.5. The Morgan fingerprint density at radius 3 is 1.67 bits per heavy atom. The summed E-state index contributed by atoms with van der Waals surface area (Å²) in [5.74, 6) is 0. The molecule has 9 heavy (non-hydrogen) atoms. The van der Waals surface area contributed by atoms with Crippen molar-refractivity contribution in [1.82, 2.24) is 0 Å². The molecule has 0 bridgehead atoms. The van der Waals surface area contributed by atoms with E-state index in [1.165, 1.54) is 19.4 Å². The van der Waals surface area contributed by atoms with E-state index in [1.807, 2.05) is 0 Å². The van der Waals surface area contributed by atoms with Gasteiger partial charge in [0.25, 0.3) is 0 Å². The van der Waals surface area contributed by atoms with Gasteiger partial charge in [0.05, 0.1) is 27.7 Å². The van der Waals surface area contributed by atoms with Gasteiger partial charge in [0, 0.05) is 0 Å². The Bertz CT molecular complexity index is 52.1. The van der Waals surface area contributed by atoms with Crippen molar-refractivity contribution in [2.75, 3.05) is 27.7 Å². The van der Waals surface area contributed by atoms with Crippen LogP contribution in [0.5, 0.6) is 0 Å². The van der Waals surface area contributed by atoms with Gasteiger partial charge in [0.2, 0.25) is 0 Å². The molecular formula is C8H21N. The molecule has 0 heterocycles. The molecule has 0 aromatic rings. The Balaban J connectivity index is 0. The predicted octanol–water partition coefficient (Wildman–Crippen LogP) is 1.94. The van der Waals surface area contributed by atoms with Gasteiger partial charge in [-0.3, -0.25) is 0 Å². The highest BCUT2D eigenvalue weighted by Gasteiger charge is 2.02. The maximum atomic E-state index is 2.23. The molecule has 0 N–H and O–H groups in total. The molecule has 0 aliphatic rings. The first-order chi connectivity index (χ1) is 3.56. The first kappa shape index (κ1) is 11.7. The molecule has 0 radical (unpaired) electrons. The summed E-state index contributed by atoms with van der Waals surface area (Å²) in [6.45, 7) is 3.53. The number of hydrogen-bond donors (Lipinski definition) is 0. The lowest BCUT2D eigenvalue weighted by atomic mass is 10.3. The van der Waals surface area contributed by atoms with E-state index in [4.69, 9.17) is 0 Å². The van der Waals surface area contributed by atoms with Crippen molar-refractivity contribution in [2.45, 2.75) is 19.8 Å². The molecular weight excluding hydrogens is 110 g/mol. The fourth-order valence-corrected chi connectivity index (χ4v) is 0.632. The fourth-order valence-electron chi connectivity index (χ4n) is 0.632. The van der Waals surface area contributed by atoms with Crippen molar-refractivity contribution < 1.29 is 4.48 Å². The van der Waals surface area contributed by atoms with E-state index < -0.39 is 0 Å². The van der Waals surface area contributed by atoms with E-state index in [0.717, 1.165) is 4.48 Å². The van der Waals surface area contributed by atoms with Gasteiger partial charge in [-0.25, -0.2) is 0 Å². The quantitative estimate of drug-likeness (QED) is 0.405. The van der Waals surface area contributed by atoms with E-state index in [0.29, 0.717) is 0 Å². The average Bonchev–Trinajstić information content (AvgIpc) is 1.59. The molecule has 0 amide bonds. The van der Waals surface area contributed by atoms with Gasteiger partial charge in [0.1, 0.15) is 0 Å². The van der Waals surface area contributed by atoms with Gasteiger partial charge in [0.15, 0.2) is 0 Å². The van der Waals surface area contributed by atoms with Crippen molar-refractivity contribution in [3.05, 3.63) is 7.43 Å². The molecule has 0 aliphatic heterocycles. The van der Waals surface area contributed by atoms with Gasteiger partial charge >= 0.3 is 0 Å². The van der Waals surface area contributed by atoms with Crippen LogP contribution in [-0.4, -0.2) is 32.2 Å². The largest absolute Gasteiger partial charge is 0.358 e. The second-order valence-electron chi connectivity index (χ2n) is 3.37. The predicted molar refractivity (Wildman–Crippen MR) is 44.2 cm³/mol. The zero-order chi connectivity index (χ0) is 6.62. The van der Waals surface area contributed by atoms with Crippen LogP contribution in [0.25, 0.3) is 0 Å². The second kappa shape index (κ2) is 4.80. The van der Waals surface area contributed by atoms with Gasteiger partial charge in [-0.05, 0) is 6.42 Å². The summed E-state index contributed by atoms with van der Waals surface area (Å²) >= 11 is 0. The summed E-state index contributed by atoms with van der Waals surface area (Å²) in [6, 6.07) is 0. The number of unbranched alkanes of at least 4 members (excludes halogenated alkanes) is 1. The van der Waals surface area contributed by atoms with Crippen molar-refractivity contribution in [3.8, 4) is 0 Å². The molecule has 0 spiro atoms. The first-order valence-corrected chi connectivity index (χ1v) is 3.36. The van der Waals surface area contributed by atoms with Gasteiger partial charge < -0.3 is 11.9 Å². The molecule has 1 nitrogen and oxygen atoms in total. The maximum Gasteiger partial charge on any atom is 0.0780 e. The minimum Gasteiger partial charge on any atom is -0.358 e. The normalized spacial score (nSPS) is 10.7. The van der Waals surface area contributed by atoms with E-state index in [1.54, 1.807) is 0 Å². The lowest BCUT2D eigenvalue weighted by Crippen LogP contribution is -2.35. The van der Waals surface area contributed by atoms with Crippen LogP contribution < -0.4 is 0 Å². The SMILES string of the molecule is CCCC[N+](C)(C)C.[CH3-]. The van der Waals surface area contributed by atoms with Crippen LogP contribution >= 0.6 is 0 Å². The minimum atomic E-state index is 0. The highest BCUT2D eigenvalue weighted by molar-refractivity contribution is 4.29. The summed E-state index contributed by atoms with van der Waals surface area (Å²) in [6.07, 6.45) is 2.67. The Morgan fingerprint density at radius 2 is 1.56 bits per heavy atom. The molecule has 58 valence electrons. The molecule has 0 saturated carbocycles. The number of hydrogen-bond acceptors (Lipinski definition) is 0. The van der Waals surface area contributed by atoms with Crippen LogP contribution in [0.3, 0.4) is 0 Å². The van der Waals surface area contributed by atoms with Gasteiger partial charge in [-0.1, -0.05) is 13.3 Å². The Hall–Kier alpha value is -0.0400. The van der Waals surface area contributed by atoms with Gasteiger partial charge in [-0.2, -0.15) is 0 Å². The third-order valence-electron chi connectivity index (χ3n) is 1.18. The Morgan fingerprint density at radius 1 is 1.11 bits per heavy atom. The lowest BCUT2D eigenvalue weighted by Gasteiger charge is -2.23. The van der Waals surface area contributed by atoms with Crippen molar-refractivity contribution in [2.24, 2.45) is 0 Å².